The minimum atomic E-state index is 0.545. The third-order valence-corrected chi connectivity index (χ3v) is 4.75. The second-order valence-electron chi connectivity index (χ2n) is 5.19. The van der Waals surface area contributed by atoms with Gasteiger partial charge in [-0.1, -0.05) is 51.3 Å². The van der Waals surface area contributed by atoms with E-state index < -0.39 is 0 Å². The smallest absolute Gasteiger partial charge is 0.0415 e. The summed E-state index contributed by atoms with van der Waals surface area (Å²) in [6, 6.07) is 11.6. The number of hydrogen-bond donors (Lipinski definition) is 1. The lowest BCUT2D eigenvalue weighted by Gasteiger charge is -2.16. The molecule has 2 heteroatoms. The summed E-state index contributed by atoms with van der Waals surface area (Å²) in [5.74, 6) is 0. The van der Waals surface area contributed by atoms with E-state index in [0.29, 0.717) is 6.04 Å². The molecule has 0 aliphatic heterocycles. The minimum absolute atomic E-state index is 0.545. The monoisotopic (exact) mass is 275 g/mol. The number of rotatable bonds is 8. The minimum Gasteiger partial charge on any atom is -0.309 e. The predicted octanol–water partition coefficient (Wildman–Crippen LogP) is 5.52. The third kappa shape index (κ3) is 4.05. The summed E-state index contributed by atoms with van der Waals surface area (Å²) in [5.41, 5.74) is 0. The lowest BCUT2D eigenvalue weighted by Crippen LogP contribution is -2.21. The van der Waals surface area contributed by atoms with E-state index in [1.165, 1.54) is 47.1 Å². The maximum absolute atomic E-state index is 3.72. The van der Waals surface area contributed by atoms with Crippen LogP contribution in [0.25, 0.3) is 10.1 Å². The van der Waals surface area contributed by atoms with Crippen molar-refractivity contribution in [1.82, 2.24) is 5.32 Å². The molecule has 0 amide bonds. The van der Waals surface area contributed by atoms with Crippen molar-refractivity contribution >= 4 is 21.4 Å². The molecule has 0 bridgehead atoms. The fraction of sp³-hybridized carbons (Fsp3) is 0.529. The third-order valence-electron chi connectivity index (χ3n) is 3.53. The second kappa shape index (κ2) is 7.66. The average Bonchev–Trinajstić information content (AvgIpc) is 2.86. The molecule has 0 saturated heterocycles. The van der Waals surface area contributed by atoms with Crippen LogP contribution in [0.3, 0.4) is 0 Å². The molecule has 0 saturated carbocycles. The highest BCUT2D eigenvalue weighted by Crippen LogP contribution is 2.32. The fourth-order valence-electron chi connectivity index (χ4n) is 2.44. The number of unbranched alkanes of at least 4 members (excludes halogenated alkanes) is 2. The molecule has 1 nitrogen and oxygen atoms in total. The van der Waals surface area contributed by atoms with Crippen molar-refractivity contribution in [3.8, 4) is 0 Å². The van der Waals surface area contributed by atoms with E-state index in [1.54, 1.807) is 0 Å². The summed E-state index contributed by atoms with van der Waals surface area (Å²) in [6.07, 6.45) is 6.43. The predicted molar refractivity (Wildman–Crippen MR) is 87.0 cm³/mol. The summed E-state index contributed by atoms with van der Waals surface area (Å²) < 4.78 is 1.41. The Bertz CT molecular complexity index is 456. The fourth-order valence-corrected chi connectivity index (χ4v) is 3.61. The van der Waals surface area contributed by atoms with Gasteiger partial charge in [0.1, 0.15) is 0 Å². The molecular weight excluding hydrogens is 250 g/mol. The van der Waals surface area contributed by atoms with Crippen molar-refractivity contribution < 1.29 is 0 Å². The highest BCUT2D eigenvalue weighted by atomic mass is 32.1. The van der Waals surface area contributed by atoms with Gasteiger partial charge in [0.15, 0.2) is 0 Å². The van der Waals surface area contributed by atoms with Gasteiger partial charge in [0.2, 0.25) is 0 Å². The van der Waals surface area contributed by atoms with Crippen LogP contribution in [0.5, 0.6) is 0 Å². The van der Waals surface area contributed by atoms with Crippen LogP contribution in [-0.4, -0.2) is 6.54 Å². The molecule has 0 spiro atoms. The van der Waals surface area contributed by atoms with Crippen LogP contribution in [0.2, 0.25) is 0 Å². The van der Waals surface area contributed by atoms with E-state index in [0.717, 1.165) is 6.54 Å². The summed E-state index contributed by atoms with van der Waals surface area (Å²) in [4.78, 5) is 1.51. The zero-order valence-electron chi connectivity index (χ0n) is 12.1. The van der Waals surface area contributed by atoms with Crippen LogP contribution >= 0.6 is 11.3 Å². The summed E-state index contributed by atoms with van der Waals surface area (Å²) >= 11 is 1.95. The van der Waals surface area contributed by atoms with E-state index in [9.17, 15) is 0 Å². The van der Waals surface area contributed by atoms with Gasteiger partial charge >= 0.3 is 0 Å². The van der Waals surface area contributed by atoms with Gasteiger partial charge in [-0.2, -0.15) is 0 Å². The molecule has 1 aromatic carbocycles. The van der Waals surface area contributed by atoms with Gasteiger partial charge in [-0.15, -0.1) is 11.3 Å². The lowest BCUT2D eigenvalue weighted by molar-refractivity contribution is 0.480. The summed E-state index contributed by atoms with van der Waals surface area (Å²) in [7, 11) is 0. The summed E-state index contributed by atoms with van der Waals surface area (Å²) in [5, 5.41) is 5.11. The van der Waals surface area contributed by atoms with Gasteiger partial charge in [-0.3, -0.25) is 0 Å². The Kier molecular flexibility index (Phi) is 5.87. The first-order valence-corrected chi connectivity index (χ1v) is 8.38. The van der Waals surface area contributed by atoms with Crippen molar-refractivity contribution in [2.75, 3.05) is 6.54 Å². The molecule has 0 aliphatic rings. The molecule has 0 radical (unpaired) electrons. The van der Waals surface area contributed by atoms with Crippen LogP contribution in [0.1, 0.15) is 56.9 Å². The number of nitrogens with one attached hydrogen (secondary N) is 1. The number of hydrogen-bond acceptors (Lipinski definition) is 2. The molecule has 0 fully saturated rings. The first-order chi connectivity index (χ1) is 9.35. The number of fused-ring (bicyclic) bond motifs is 1. The molecule has 19 heavy (non-hydrogen) atoms. The van der Waals surface area contributed by atoms with Gasteiger partial charge in [-0.25, -0.2) is 0 Å². The highest BCUT2D eigenvalue weighted by Gasteiger charge is 2.13. The van der Waals surface area contributed by atoms with Crippen molar-refractivity contribution in [2.24, 2.45) is 0 Å². The normalized spacial score (nSPS) is 12.9. The van der Waals surface area contributed by atoms with Crippen LogP contribution in [0.4, 0.5) is 0 Å². The zero-order valence-corrected chi connectivity index (χ0v) is 12.9. The Hall–Kier alpha value is -0.860. The quantitative estimate of drug-likeness (QED) is 0.625. The maximum Gasteiger partial charge on any atom is 0.0415 e. The van der Waals surface area contributed by atoms with Crippen LogP contribution in [0.15, 0.2) is 30.3 Å². The standard InChI is InChI=1S/C17H25NS/c1-3-5-6-10-15(18-12-4-2)17-13-14-9-7-8-11-16(14)19-17/h7-9,11,13,15,18H,3-6,10,12H2,1-2H3. The van der Waals surface area contributed by atoms with E-state index in [-0.39, 0.29) is 0 Å². The maximum atomic E-state index is 3.72. The second-order valence-corrected chi connectivity index (χ2v) is 6.30. The molecule has 0 aliphatic carbocycles. The van der Waals surface area contributed by atoms with E-state index >= 15 is 0 Å². The van der Waals surface area contributed by atoms with Gasteiger partial charge in [0.05, 0.1) is 0 Å². The Morgan fingerprint density at radius 2 is 1.95 bits per heavy atom. The van der Waals surface area contributed by atoms with Crippen LogP contribution in [0, 0.1) is 0 Å². The van der Waals surface area contributed by atoms with Crippen LogP contribution in [-0.2, 0) is 0 Å². The van der Waals surface area contributed by atoms with Crippen molar-refractivity contribution in [2.45, 2.75) is 52.0 Å². The first kappa shape index (κ1) is 14.5. The SMILES string of the molecule is CCCCCC(NCCC)c1cc2ccccc2s1. The van der Waals surface area contributed by atoms with Crippen molar-refractivity contribution in [1.29, 1.82) is 0 Å². The molecular formula is C17H25NS. The van der Waals surface area contributed by atoms with Gasteiger partial charge in [0, 0.05) is 15.6 Å². The molecule has 2 aromatic rings. The number of benzene rings is 1. The Balaban J connectivity index is 2.10. The highest BCUT2D eigenvalue weighted by molar-refractivity contribution is 7.19. The Labute approximate surface area is 121 Å². The van der Waals surface area contributed by atoms with Crippen molar-refractivity contribution in [3.63, 3.8) is 0 Å². The lowest BCUT2D eigenvalue weighted by atomic mass is 10.1. The largest absolute Gasteiger partial charge is 0.309 e. The van der Waals surface area contributed by atoms with Crippen molar-refractivity contribution in [3.05, 3.63) is 35.2 Å². The molecule has 1 aromatic heterocycles. The van der Waals surface area contributed by atoms with Gasteiger partial charge < -0.3 is 5.32 Å². The molecule has 1 atom stereocenters. The van der Waals surface area contributed by atoms with Gasteiger partial charge in [-0.05, 0) is 36.9 Å². The molecule has 1 unspecified atom stereocenters. The average molecular weight is 275 g/mol. The van der Waals surface area contributed by atoms with Gasteiger partial charge in [0.25, 0.3) is 0 Å². The first-order valence-electron chi connectivity index (χ1n) is 7.57. The zero-order chi connectivity index (χ0) is 13.5. The van der Waals surface area contributed by atoms with Crippen LogP contribution < -0.4 is 5.32 Å². The number of thiophene rings is 1. The van der Waals surface area contributed by atoms with E-state index in [4.69, 9.17) is 0 Å². The Morgan fingerprint density at radius 1 is 1.11 bits per heavy atom. The van der Waals surface area contributed by atoms with E-state index in [1.807, 2.05) is 11.3 Å². The molecule has 1 N–H and O–H groups in total. The van der Waals surface area contributed by atoms with E-state index in [2.05, 4.69) is 49.5 Å². The molecule has 1 heterocycles. The molecule has 104 valence electrons. The Morgan fingerprint density at radius 3 is 2.68 bits per heavy atom. The topological polar surface area (TPSA) is 12.0 Å². The molecule has 2 rings (SSSR count). The summed E-state index contributed by atoms with van der Waals surface area (Å²) in [6.45, 7) is 5.62.